The second-order valence-electron chi connectivity index (χ2n) is 8.54. The fourth-order valence-electron chi connectivity index (χ4n) is 4.22. The van der Waals surface area contributed by atoms with E-state index in [1.807, 2.05) is 37.4 Å². The predicted molar refractivity (Wildman–Crippen MR) is 126 cm³/mol. The van der Waals surface area contributed by atoms with Crippen LogP contribution < -0.4 is 9.47 Å². The first-order valence-corrected chi connectivity index (χ1v) is 11.8. The molecule has 0 spiro atoms. The monoisotopic (exact) mass is 471 g/mol. The van der Waals surface area contributed by atoms with Gasteiger partial charge in [-0.25, -0.2) is 4.98 Å². The van der Waals surface area contributed by atoms with Gasteiger partial charge in [-0.05, 0) is 37.3 Å². The molecule has 0 amide bonds. The summed E-state index contributed by atoms with van der Waals surface area (Å²) in [6, 6.07) is 14.0. The Bertz CT molecular complexity index is 1440. The van der Waals surface area contributed by atoms with Crippen LogP contribution in [0.5, 0.6) is 11.8 Å². The van der Waals surface area contributed by atoms with E-state index >= 15 is 0 Å². The van der Waals surface area contributed by atoms with Crippen molar-refractivity contribution < 1.29 is 14.0 Å². The van der Waals surface area contributed by atoms with E-state index in [9.17, 15) is 0 Å². The molecule has 35 heavy (non-hydrogen) atoms. The molecule has 4 aromatic heterocycles. The third kappa shape index (κ3) is 4.23. The number of aromatic nitrogens is 7. The lowest BCUT2D eigenvalue weighted by atomic mass is 9.80. The molecule has 10 heteroatoms. The summed E-state index contributed by atoms with van der Waals surface area (Å²) in [5, 5.41) is 17.5. The molecule has 1 aromatic carbocycles. The van der Waals surface area contributed by atoms with E-state index in [2.05, 4.69) is 37.0 Å². The largest absolute Gasteiger partial charge is 0.468 e. The fourth-order valence-corrected chi connectivity index (χ4v) is 4.22. The molecule has 0 saturated heterocycles. The van der Waals surface area contributed by atoms with Gasteiger partial charge in [0.25, 0.3) is 0 Å². The zero-order valence-electron chi connectivity index (χ0n) is 19.4. The minimum atomic E-state index is 0.300. The van der Waals surface area contributed by atoms with Crippen LogP contribution in [-0.2, 0) is 13.2 Å². The average molecular weight is 472 g/mol. The molecule has 0 N–H and O–H groups in total. The van der Waals surface area contributed by atoms with Gasteiger partial charge in [0.05, 0.1) is 12.7 Å². The van der Waals surface area contributed by atoms with Crippen LogP contribution >= 0.6 is 0 Å². The SMILES string of the molecule is CCOc1cc(-c2nnc3cc(C4CCC4)c(OCc4nccn4Cc4ccccc4)nn23)no1. The third-order valence-corrected chi connectivity index (χ3v) is 6.27. The van der Waals surface area contributed by atoms with Crippen molar-refractivity contribution in [2.75, 3.05) is 6.61 Å². The molecule has 178 valence electrons. The Morgan fingerprint density at radius 3 is 2.77 bits per heavy atom. The highest BCUT2D eigenvalue weighted by atomic mass is 16.6. The number of hydrogen-bond donors (Lipinski definition) is 0. The standard InChI is InChI=1S/C25H25N7O3/c1-2-33-23-14-20(30-35-23)24-28-27-21-13-19(18-9-6-10-18)25(29-32(21)24)34-16-22-26-11-12-31(22)15-17-7-4-3-5-8-17/h3-5,7-8,11-14,18H,2,6,9-10,15-16H2,1H3. The molecule has 0 radical (unpaired) electrons. The van der Waals surface area contributed by atoms with Crippen LogP contribution in [0.1, 0.15) is 49.1 Å². The summed E-state index contributed by atoms with van der Waals surface area (Å²) < 4.78 is 20.6. The number of fused-ring (bicyclic) bond motifs is 1. The summed E-state index contributed by atoms with van der Waals surface area (Å²) in [4.78, 5) is 4.52. The number of ether oxygens (including phenoxy) is 2. The predicted octanol–water partition coefficient (Wildman–Crippen LogP) is 4.27. The van der Waals surface area contributed by atoms with Crippen molar-refractivity contribution in [3.63, 3.8) is 0 Å². The summed E-state index contributed by atoms with van der Waals surface area (Å²) in [7, 11) is 0. The second kappa shape index (κ2) is 9.21. The Balaban J connectivity index is 1.30. The lowest BCUT2D eigenvalue weighted by Gasteiger charge is -2.26. The van der Waals surface area contributed by atoms with Crippen LogP contribution in [0.4, 0.5) is 0 Å². The van der Waals surface area contributed by atoms with Crippen LogP contribution in [0, 0.1) is 0 Å². The van der Waals surface area contributed by atoms with Crippen molar-refractivity contribution >= 4 is 5.65 Å². The van der Waals surface area contributed by atoms with Crippen molar-refractivity contribution in [3.8, 4) is 23.3 Å². The minimum absolute atomic E-state index is 0.300. The van der Waals surface area contributed by atoms with Gasteiger partial charge in [-0.1, -0.05) is 41.9 Å². The molecule has 0 bridgehead atoms. The van der Waals surface area contributed by atoms with E-state index in [-0.39, 0.29) is 0 Å². The maximum Gasteiger partial charge on any atom is 0.311 e. The Morgan fingerprint density at radius 2 is 1.97 bits per heavy atom. The Kier molecular flexibility index (Phi) is 5.61. The maximum atomic E-state index is 6.29. The van der Waals surface area contributed by atoms with Gasteiger partial charge in [-0.3, -0.25) is 0 Å². The number of imidazole rings is 1. The molecule has 0 aliphatic heterocycles. The highest BCUT2D eigenvalue weighted by molar-refractivity contribution is 5.56. The van der Waals surface area contributed by atoms with Crippen LogP contribution in [0.25, 0.3) is 17.2 Å². The van der Waals surface area contributed by atoms with Gasteiger partial charge in [0, 0.05) is 24.5 Å². The van der Waals surface area contributed by atoms with E-state index in [0.29, 0.717) is 48.1 Å². The summed E-state index contributed by atoms with van der Waals surface area (Å²) in [6.07, 6.45) is 7.18. The van der Waals surface area contributed by atoms with E-state index in [1.54, 1.807) is 16.8 Å². The van der Waals surface area contributed by atoms with Crippen LogP contribution in [0.3, 0.4) is 0 Å². The van der Waals surface area contributed by atoms with Crippen molar-refractivity contribution in [1.82, 2.24) is 34.5 Å². The molecular weight excluding hydrogens is 446 g/mol. The molecule has 1 aliphatic carbocycles. The summed E-state index contributed by atoms with van der Waals surface area (Å²) in [5.41, 5.74) is 3.39. The number of nitrogens with zero attached hydrogens (tertiary/aromatic N) is 7. The average Bonchev–Trinajstić information content (AvgIpc) is 3.57. The lowest BCUT2D eigenvalue weighted by molar-refractivity contribution is 0.226. The number of rotatable bonds is 9. The normalized spacial score (nSPS) is 13.7. The summed E-state index contributed by atoms with van der Waals surface area (Å²) in [5.74, 6) is 2.59. The molecular formula is C25H25N7O3. The second-order valence-corrected chi connectivity index (χ2v) is 8.54. The van der Waals surface area contributed by atoms with Gasteiger partial charge >= 0.3 is 5.95 Å². The van der Waals surface area contributed by atoms with Gasteiger partial charge in [0.15, 0.2) is 11.3 Å². The lowest BCUT2D eigenvalue weighted by Crippen LogP contribution is -2.15. The molecule has 1 saturated carbocycles. The molecule has 1 fully saturated rings. The van der Waals surface area contributed by atoms with Crippen LogP contribution in [-0.4, -0.2) is 41.1 Å². The molecule has 0 unspecified atom stereocenters. The van der Waals surface area contributed by atoms with Crippen molar-refractivity contribution in [2.24, 2.45) is 0 Å². The zero-order valence-corrected chi connectivity index (χ0v) is 19.4. The Labute approximate surface area is 201 Å². The van der Waals surface area contributed by atoms with E-state index in [1.165, 1.54) is 12.0 Å². The summed E-state index contributed by atoms with van der Waals surface area (Å²) >= 11 is 0. The van der Waals surface area contributed by atoms with Crippen molar-refractivity contribution in [3.05, 3.63) is 71.8 Å². The first kappa shape index (κ1) is 21.3. The fraction of sp³-hybridized carbons (Fsp3) is 0.320. The third-order valence-electron chi connectivity index (χ3n) is 6.27. The molecule has 1 aliphatic rings. The van der Waals surface area contributed by atoms with Crippen LogP contribution in [0.2, 0.25) is 0 Å². The quantitative estimate of drug-likeness (QED) is 0.314. The zero-order chi connectivity index (χ0) is 23.6. The molecule has 4 heterocycles. The first-order valence-electron chi connectivity index (χ1n) is 11.8. The van der Waals surface area contributed by atoms with Crippen LogP contribution in [0.15, 0.2) is 59.4 Å². The van der Waals surface area contributed by atoms with E-state index < -0.39 is 0 Å². The number of benzene rings is 1. The topological polar surface area (TPSA) is 105 Å². The molecule has 10 nitrogen and oxygen atoms in total. The van der Waals surface area contributed by atoms with Gasteiger partial charge < -0.3 is 18.6 Å². The highest BCUT2D eigenvalue weighted by Gasteiger charge is 2.27. The van der Waals surface area contributed by atoms with Crippen molar-refractivity contribution in [1.29, 1.82) is 0 Å². The minimum Gasteiger partial charge on any atom is -0.468 e. The Hall–Kier alpha value is -4.21. The van der Waals surface area contributed by atoms with E-state index in [4.69, 9.17) is 19.1 Å². The highest BCUT2D eigenvalue weighted by Crippen LogP contribution is 2.40. The number of hydrogen-bond acceptors (Lipinski definition) is 8. The van der Waals surface area contributed by atoms with E-state index in [0.717, 1.165) is 30.8 Å². The van der Waals surface area contributed by atoms with Crippen molar-refractivity contribution in [2.45, 2.75) is 45.3 Å². The molecule has 5 aromatic rings. The summed E-state index contributed by atoms with van der Waals surface area (Å²) in [6.45, 7) is 3.39. The van der Waals surface area contributed by atoms with Gasteiger partial charge in [-0.15, -0.1) is 15.3 Å². The molecule has 0 atom stereocenters. The van der Waals surface area contributed by atoms with Gasteiger partial charge in [0.2, 0.25) is 11.7 Å². The Morgan fingerprint density at radius 1 is 1.09 bits per heavy atom. The van der Waals surface area contributed by atoms with Gasteiger partial charge in [0.1, 0.15) is 12.4 Å². The smallest absolute Gasteiger partial charge is 0.311 e. The van der Waals surface area contributed by atoms with Gasteiger partial charge in [-0.2, -0.15) is 4.52 Å². The maximum absolute atomic E-state index is 6.29. The molecule has 6 rings (SSSR count). The first-order chi connectivity index (χ1) is 17.3.